The molecule has 3 aromatic rings. The number of sulfonamides is 1. The van der Waals surface area contributed by atoms with E-state index in [4.69, 9.17) is 9.72 Å². The fraction of sp³-hybridized carbons (Fsp3) is 0.333. The molecule has 0 N–H and O–H groups in total. The Morgan fingerprint density at radius 3 is 2.21 bits per heavy atom. The number of halogens is 1. The van der Waals surface area contributed by atoms with Crippen LogP contribution in [0.5, 0.6) is 5.75 Å². The van der Waals surface area contributed by atoms with Gasteiger partial charge in [0.05, 0.1) is 22.2 Å². The molecule has 3 rings (SSSR count). The van der Waals surface area contributed by atoms with Crippen molar-refractivity contribution in [2.75, 3.05) is 51.3 Å². The van der Waals surface area contributed by atoms with Gasteiger partial charge < -0.3 is 9.64 Å². The molecule has 0 atom stereocenters. The van der Waals surface area contributed by atoms with Gasteiger partial charge in [0.25, 0.3) is 5.91 Å². The van der Waals surface area contributed by atoms with E-state index in [-0.39, 0.29) is 36.3 Å². The minimum Gasteiger partial charge on any atom is -0.497 e. The van der Waals surface area contributed by atoms with E-state index in [2.05, 4.69) is 31.9 Å². The van der Waals surface area contributed by atoms with Crippen molar-refractivity contribution in [3.05, 3.63) is 73.3 Å². The molecule has 1 heterocycles. The summed E-state index contributed by atoms with van der Waals surface area (Å²) in [5.41, 5.74) is 1.17. The SMILES string of the molecule is C=CCN(CC=C)S(=O)(=O)c1ccc(C(=O)N(CCN(CC)CC)c2nc3ccc(OC)cc3s2)cc1.Cl. The number of hydrogen-bond donors (Lipinski definition) is 0. The lowest BCUT2D eigenvalue weighted by Crippen LogP contribution is -2.39. The van der Waals surface area contributed by atoms with Gasteiger partial charge in [-0.3, -0.25) is 9.69 Å². The van der Waals surface area contributed by atoms with Crippen LogP contribution in [-0.2, 0) is 10.0 Å². The van der Waals surface area contributed by atoms with Gasteiger partial charge >= 0.3 is 0 Å². The average molecular weight is 579 g/mol. The van der Waals surface area contributed by atoms with Gasteiger partial charge in [0.2, 0.25) is 10.0 Å². The molecule has 0 spiro atoms. The predicted molar refractivity (Wildman–Crippen MR) is 158 cm³/mol. The first-order valence-electron chi connectivity index (χ1n) is 12.1. The molecule has 11 heteroatoms. The zero-order chi connectivity index (χ0) is 27.0. The van der Waals surface area contributed by atoms with Crippen LogP contribution in [0.1, 0.15) is 24.2 Å². The molecule has 0 radical (unpaired) electrons. The molecule has 0 aliphatic rings. The first kappa shape index (κ1) is 31.5. The van der Waals surface area contributed by atoms with Crippen molar-refractivity contribution in [1.82, 2.24) is 14.2 Å². The van der Waals surface area contributed by atoms with E-state index < -0.39 is 10.0 Å². The summed E-state index contributed by atoms with van der Waals surface area (Å²) in [6.07, 6.45) is 3.06. The van der Waals surface area contributed by atoms with Gasteiger partial charge in [0.15, 0.2) is 5.13 Å². The number of methoxy groups -OCH3 is 1. The molecular formula is C27H35ClN4O4S2. The van der Waals surface area contributed by atoms with Gasteiger partial charge in [-0.1, -0.05) is 37.3 Å². The Labute approximate surface area is 235 Å². The summed E-state index contributed by atoms with van der Waals surface area (Å²) in [4.78, 5) is 22.4. The summed E-state index contributed by atoms with van der Waals surface area (Å²) in [7, 11) is -2.14. The van der Waals surface area contributed by atoms with Crippen LogP contribution in [-0.4, -0.2) is 74.9 Å². The lowest BCUT2D eigenvalue weighted by Gasteiger charge is -2.25. The van der Waals surface area contributed by atoms with Crippen molar-refractivity contribution in [2.45, 2.75) is 18.7 Å². The second kappa shape index (κ2) is 14.4. The summed E-state index contributed by atoms with van der Waals surface area (Å²) in [5, 5.41) is 0.584. The topological polar surface area (TPSA) is 83.1 Å². The average Bonchev–Trinajstić information content (AvgIpc) is 3.33. The van der Waals surface area contributed by atoms with Crippen LogP contribution in [0.25, 0.3) is 10.2 Å². The summed E-state index contributed by atoms with van der Waals surface area (Å²) in [5.74, 6) is 0.485. The van der Waals surface area contributed by atoms with Gasteiger partial charge in [-0.2, -0.15) is 4.31 Å². The quantitative estimate of drug-likeness (QED) is 0.248. The molecule has 0 saturated heterocycles. The van der Waals surface area contributed by atoms with Crippen LogP contribution >= 0.6 is 23.7 Å². The Balaban J connectivity index is 0.00000507. The highest BCUT2D eigenvalue weighted by Crippen LogP contribution is 2.32. The summed E-state index contributed by atoms with van der Waals surface area (Å²) < 4.78 is 33.6. The van der Waals surface area contributed by atoms with E-state index in [0.29, 0.717) is 23.8 Å². The van der Waals surface area contributed by atoms with Crippen LogP contribution in [0.15, 0.2) is 72.7 Å². The molecule has 0 fully saturated rings. The van der Waals surface area contributed by atoms with Crippen LogP contribution in [0.4, 0.5) is 5.13 Å². The molecular weight excluding hydrogens is 544 g/mol. The van der Waals surface area contributed by atoms with Crippen molar-refractivity contribution >= 4 is 55.0 Å². The van der Waals surface area contributed by atoms with Crippen molar-refractivity contribution in [3.8, 4) is 5.75 Å². The minimum atomic E-state index is -3.76. The molecule has 8 nitrogen and oxygen atoms in total. The molecule has 0 saturated carbocycles. The fourth-order valence-corrected chi connectivity index (χ4v) is 6.23. The van der Waals surface area contributed by atoms with Crippen LogP contribution in [0.3, 0.4) is 0 Å². The van der Waals surface area contributed by atoms with Gasteiger partial charge in [-0.05, 0) is 55.6 Å². The van der Waals surface area contributed by atoms with Gasteiger partial charge in [0, 0.05) is 31.7 Å². The Hall–Kier alpha value is -2.76. The summed E-state index contributed by atoms with van der Waals surface area (Å²) in [6.45, 7) is 14.6. The van der Waals surface area contributed by atoms with E-state index in [1.54, 1.807) is 24.1 Å². The molecule has 0 aliphatic carbocycles. The molecule has 2 aromatic carbocycles. The predicted octanol–water partition coefficient (Wildman–Crippen LogP) is 5.08. The van der Waals surface area contributed by atoms with Gasteiger partial charge in [0.1, 0.15) is 5.75 Å². The number of thiazole rings is 1. The largest absolute Gasteiger partial charge is 0.497 e. The maximum absolute atomic E-state index is 13.7. The summed E-state index contributed by atoms with van der Waals surface area (Å²) >= 11 is 1.42. The molecule has 0 bridgehead atoms. The van der Waals surface area contributed by atoms with Crippen molar-refractivity contribution < 1.29 is 17.9 Å². The Kier molecular flexibility index (Phi) is 11.9. The number of benzene rings is 2. The van der Waals surface area contributed by atoms with E-state index in [0.717, 1.165) is 29.1 Å². The summed E-state index contributed by atoms with van der Waals surface area (Å²) in [6, 6.07) is 11.7. The number of anilines is 1. The maximum atomic E-state index is 13.7. The fourth-order valence-electron chi connectivity index (χ4n) is 3.83. The lowest BCUT2D eigenvalue weighted by atomic mass is 10.2. The van der Waals surface area contributed by atoms with E-state index in [1.807, 2.05) is 18.2 Å². The first-order valence-corrected chi connectivity index (χ1v) is 14.3. The molecule has 206 valence electrons. The van der Waals surface area contributed by atoms with Crippen LogP contribution < -0.4 is 9.64 Å². The third kappa shape index (κ3) is 7.21. The smallest absolute Gasteiger partial charge is 0.260 e. The van der Waals surface area contributed by atoms with Crippen LogP contribution in [0, 0.1) is 0 Å². The molecule has 0 aliphatic heterocycles. The number of carbonyl (C=O) groups is 1. The second-order valence-corrected chi connectivity index (χ2v) is 11.2. The third-order valence-electron chi connectivity index (χ3n) is 6.00. The third-order valence-corrected chi connectivity index (χ3v) is 8.89. The van der Waals surface area contributed by atoms with Crippen molar-refractivity contribution in [3.63, 3.8) is 0 Å². The maximum Gasteiger partial charge on any atom is 0.260 e. The number of likely N-dealkylation sites (N-methyl/N-ethyl adjacent to an activating group) is 1. The Bertz CT molecular complexity index is 1330. The standard InChI is InChI=1S/C27H34N4O4S2.ClH/c1-6-16-30(17-7-2)37(33,34)23-13-10-21(11-14-23)26(32)31(19-18-29(8-3)9-4)27-28-24-15-12-22(35-5)20-25(24)36-27;/h6-7,10-15,20H,1-2,8-9,16-19H2,3-5H3;1H. The van der Waals surface area contributed by atoms with Crippen molar-refractivity contribution in [1.29, 1.82) is 0 Å². The number of amides is 1. The van der Waals surface area contributed by atoms with Crippen molar-refractivity contribution in [2.24, 2.45) is 0 Å². The van der Waals surface area contributed by atoms with E-state index in [9.17, 15) is 13.2 Å². The highest BCUT2D eigenvalue weighted by atomic mass is 35.5. The number of hydrogen-bond acceptors (Lipinski definition) is 7. The molecule has 1 aromatic heterocycles. The van der Waals surface area contributed by atoms with Crippen LogP contribution in [0.2, 0.25) is 0 Å². The number of carbonyl (C=O) groups excluding carboxylic acids is 1. The molecule has 38 heavy (non-hydrogen) atoms. The van der Waals surface area contributed by atoms with Gasteiger partial charge in [-0.15, -0.1) is 25.6 Å². The number of aromatic nitrogens is 1. The number of fused-ring (bicyclic) bond motifs is 1. The highest BCUT2D eigenvalue weighted by Gasteiger charge is 2.25. The number of ether oxygens (including phenoxy) is 1. The highest BCUT2D eigenvalue weighted by molar-refractivity contribution is 7.89. The van der Waals surface area contributed by atoms with E-state index >= 15 is 0 Å². The zero-order valence-electron chi connectivity index (χ0n) is 22.0. The molecule has 0 unspecified atom stereocenters. The zero-order valence-corrected chi connectivity index (χ0v) is 24.4. The first-order chi connectivity index (χ1) is 17.8. The Morgan fingerprint density at radius 1 is 1.03 bits per heavy atom. The lowest BCUT2D eigenvalue weighted by molar-refractivity contribution is 0.0983. The normalized spacial score (nSPS) is 11.4. The van der Waals surface area contributed by atoms with E-state index in [1.165, 1.54) is 39.9 Å². The second-order valence-electron chi connectivity index (χ2n) is 8.24. The van der Waals surface area contributed by atoms with Gasteiger partial charge in [-0.25, -0.2) is 13.4 Å². The number of nitrogens with zero attached hydrogens (tertiary/aromatic N) is 4. The minimum absolute atomic E-state index is 0. The Morgan fingerprint density at radius 2 is 1.66 bits per heavy atom. The molecule has 1 amide bonds. The monoisotopic (exact) mass is 578 g/mol. The number of rotatable bonds is 14.